The molecule has 1 amide bonds. The zero-order valence-electron chi connectivity index (χ0n) is 12.4. The lowest BCUT2D eigenvalue weighted by Crippen LogP contribution is -2.25. The Kier molecular flexibility index (Phi) is 4.24. The predicted molar refractivity (Wildman–Crippen MR) is 76.7 cm³/mol. The summed E-state index contributed by atoms with van der Waals surface area (Å²) in [5.41, 5.74) is 0.351. The molecule has 0 bridgehead atoms. The zero-order valence-corrected chi connectivity index (χ0v) is 12.4. The van der Waals surface area contributed by atoms with Crippen molar-refractivity contribution in [1.82, 2.24) is 20.3 Å². The summed E-state index contributed by atoms with van der Waals surface area (Å²) in [6.07, 6.45) is 1.80. The monoisotopic (exact) mass is 336 g/mol. The molecule has 1 fully saturated rings. The molecular formula is C15H14F2N4O3. The maximum absolute atomic E-state index is 13.7. The number of amides is 1. The van der Waals surface area contributed by atoms with Gasteiger partial charge in [-0.25, -0.2) is 13.5 Å². The van der Waals surface area contributed by atoms with Gasteiger partial charge in [-0.3, -0.25) is 9.59 Å². The van der Waals surface area contributed by atoms with Crippen LogP contribution in [-0.2, 0) is 22.7 Å². The van der Waals surface area contributed by atoms with Crippen molar-refractivity contribution in [2.75, 3.05) is 0 Å². The minimum atomic E-state index is -1.05. The second-order valence-corrected chi connectivity index (χ2v) is 5.60. The quantitative estimate of drug-likeness (QED) is 0.822. The lowest BCUT2D eigenvalue weighted by atomic mass is 10.1. The number of nitrogens with zero attached hydrogens (tertiary/aromatic N) is 3. The van der Waals surface area contributed by atoms with E-state index in [1.165, 1.54) is 24.4 Å². The molecule has 0 aliphatic heterocycles. The average Bonchev–Trinajstić information content (AvgIpc) is 3.17. The molecule has 1 aromatic heterocycles. The van der Waals surface area contributed by atoms with Crippen LogP contribution in [0, 0.1) is 17.6 Å². The van der Waals surface area contributed by atoms with Gasteiger partial charge in [-0.1, -0.05) is 11.3 Å². The molecule has 1 aliphatic carbocycles. The maximum Gasteiger partial charge on any atom is 0.325 e. The van der Waals surface area contributed by atoms with Crippen LogP contribution in [0.5, 0.6) is 0 Å². The Labute approximate surface area is 135 Å². The van der Waals surface area contributed by atoms with E-state index in [9.17, 15) is 18.4 Å². The Morgan fingerprint density at radius 1 is 1.33 bits per heavy atom. The third-order valence-corrected chi connectivity index (χ3v) is 3.82. The first-order chi connectivity index (χ1) is 11.5. The van der Waals surface area contributed by atoms with E-state index in [1.54, 1.807) is 0 Å². The minimum absolute atomic E-state index is 0.0509. The molecule has 7 nitrogen and oxygen atoms in total. The summed E-state index contributed by atoms with van der Waals surface area (Å²) in [6, 6.07) is 3.63. The van der Waals surface area contributed by atoms with E-state index in [4.69, 9.17) is 5.11 Å². The van der Waals surface area contributed by atoms with Crippen molar-refractivity contribution in [1.29, 1.82) is 0 Å². The van der Waals surface area contributed by atoms with Gasteiger partial charge in [-0.2, -0.15) is 0 Å². The van der Waals surface area contributed by atoms with Crippen molar-refractivity contribution in [3.8, 4) is 0 Å². The SMILES string of the molecule is O=C(O)Cn1cc(CNC(=O)C2CC2c2c(F)cccc2F)nn1. The van der Waals surface area contributed by atoms with Crippen LogP contribution in [0.25, 0.3) is 0 Å². The van der Waals surface area contributed by atoms with Crippen LogP contribution in [0.15, 0.2) is 24.4 Å². The number of carboxylic acids is 1. The summed E-state index contributed by atoms with van der Waals surface area (Å²) >= 11 is 0. The van der Waals surface area contributed by atoms with Crippen molar-refractivity contribution in [3.63, 3.8) is 0 Å². The highest BCUT2D eigenvalue weighted by molar-refractivity contribution is 5.82. The molecule has 1 heterocycles. The van der Waals surface area contributed by atoms with Gasteiger partial charge in [0.15, 0.2) is 0 Å². The molecule has 3 rings (SSSR count). The van der Waals surface area contributed by atoms with Gasteiger partial charge in [0.2, 0.25) is 5.91 Å². The van der Waals surface area contributed by atoms with Crippen LogP contribution >= 0.6 is 0 Å². The summed E-state index contributed by atoms with van der Waals surface area (Å²) in [5, 5.41) is 18.6. The first-order valence-electron chi connectivity index (χ1n) is 7.28. The van der Waals surface area contributed by atoms with E-state index >= 15 is 0 Å². The molecule has 126 valence electrons. The molecule has 2 atom stereocenters. The lowest BCUT2D eigenvalue weighted by molar-refractivity contribution is -0.138. The maximum atomic E-state index is 13.7. The largest absolute Gasteiger partial charge is 0.480 e. The smallest absolute Gasteiger partial charge is 0.325 e. The minimum Gasteiger partial charge on any atom is -0.480 e. The number of rotatable bonds is 6. The van der Waals surface area contributed by atoms with Crippen molar-refractivity contribution in [2.24, 2.45) is 5.92 Å². The van der Waals surface area contributed by atoms with Gasteiger partial charge in [0, 0.05) is 17.4 Å². The normalized spacial score (nSPS) is 19.1. The lowest BCUT2D eigenvalue weighted by Gasteiger charge is -2.05. The summed E-state index contributed by atoms with van der Waals surface area (Å²) in [7, 11) is 0. The van der Waals surface area contributed by atoms with Gasteiger partial charge in [0.1, 0.15) is 23.9 Å². The molecule has 1 aromatic carbocycles. The number of hydrogen-bond acceptors (Lipinski definition) is 4. The van der Waals surface area contributed by atoms with Gasteiger partial charge in [-0.15, -0.1) is 5.10 Å². The van der Waals surface area contributed by atoms with Gasteiger partial charge >= 0.3 is 5.97 Å². The van der Waals surface area contributed by atoms with Crippen molar-refractivity contribution < 1.29 is 23.5 Å². The van der Waals surface area contributed by atoms with Gasteiger partial charge in [0.05, 0.1) is 12.7 Å². The summed E-state index contributed by atoms with van der Waals surface area (Å²) in [6.45, 7) is -0.250. The molecule has 0 radical (unpaired) electrons. The number of benzene rings is 1. The highest BCUT2D eigenvalue weighted by atomic mass is 19.1. The third kappa shape index (κ3) is 3.39. The Morgan fingerprint density at radius 2 is 2.04 bits per heavy atom. The number of nitrogens with one attached hydrogen (secondary N) is 1. The van der Waals surface area contributed by atoms with E-state index in [2.05, 4.69) is 15.6 Å². The van der Waals surface area contributed by atoms with E-state index < -0.39 is 29.4 Å². The van der Waals surface area contributed by atoms with Crippen LogP contribution in [0.4, 0.5) is 8.78 Å². The predicted octanol–water partition coefficient (Wildman–Crippen LogP) is 1.06. The number of hydrogen-bond donors (Lipinski definition) is 2. The van der Waals surface area contributed by atoms with E-state index in [0.29, 0.717) is 12.1 Å². The summed E-state index contributed by atoms with van der Waals surface area (Å²) in [4.78, 5) is 22.6. The average molecular weight is 336 g/mol. The number of aromatic nitrogens is 3. The van der Waals surface area contributed by atoms with Crippen LogP contribution in [0.1, 0.15) is 23.6 Å². The fourth-order valence-corrected chi connectivity index (χ4v) is 2.61. The number of aliphatic carboxylic acids is 1. The van der Waals surface area contributed by atoms with Gasteiger partial charge in [-0.05, 0) is 18.6 Å². The highest BCUT2D eigenvalue weighted by Gasteiger charge is 2.46. The molecule has 24 heavy (non-hydrogen) atoms. The zero-order chi connectivity index (χ0) is 17.3. The standard InChI is InChI=1S/C15H14F2N4O3/c16-11-2-1-3-12(17)14(11)9-4-10(9)15(24)18-5-8-6-21(20-19-8)7-13(22)23/h1-3,6,9-10H,4-5,7H2,(H,18,24)(H,22,23). The molecule has 0 saturated heterocycles. The molecule has 2 aromatic rings. The van der Waals surface area contributed by atoms with Crippen LogP contribution < -0.4 is 5.32 Å². The topological polar surface area (TPSA) is 97.1 Å². The Morgan fingerprint density at radius 3 is 2.71 bits per heavy atom. The Hall–Kier alpha value is -2.84. The molecule has 2 N–H and O–H groups in total. The number of carboxylic acid groups (broad SMARTS) is 1. The van der Waals surface area contributed by atoms with E-state index in [1.807, 2.05) is 0 Å². The van der Waals surface area contributed by atoms with Crippen molar-refractivity contribution >= 4 is 11.9 Å². The van der Waals surface area contributed by atoms with Crippen molar-refractivity contribution in [3.05, 3.63) is 47.3 Å². The van der Waals surface area contributed by atoms with Crippen LogP contribution in [-0.4, -0.2) is 32.0 Å². The summed E-state index contributed by atoms with van der Waals surface area (Å²) < 4.78 is 28.5. The van der Waals surface area contributed by atoms with Gasteiger partial charge < -0.3 is 10.4 Å². The van der Waals surface area contributed by atoms with E-state index in [0.717, 1.165) is 4.68 Å². The number of carbonyl (C=O) groups excluding carboxylic acids is 1. The molecule has 1 aliphatic rings. The third-order valence-electron chi connectivity index (χ3n) is 3.82. The molecule has 2 unspecified atom stereocenters. The van der Waals surface area contributed by atoms with Gasteiger partial charge in [0.25, 0.3) is 0 Å². The second kappa shape index (κ2) is 6.34. The van der Waals surface area contributed by atoms with Crippen LogP contribution in [0.2, 0.25) is 0 Å². The van der Waals surface area contributed by atoms with E-state index in [-0.39, 0.29) is 24.6 Å². The molecule has 9 heteroatoms. The summed E-state index contributed by atoms with van der Waals surface area (Å²) in [5.74, 6) is -3.61. The van der Waals surface area contributed by atoms with Crippen LogP contribution in [0.3, 0.4) is 0 Å². The Bertz CT molecular complexity index is 773. The number of halogens is 2. The fourth-order valence-electron chi connectivity index (χ4n) is 2.61. The highest BCUT2D eigenvalue weighted by Crippen LogP contribution is 2.49. The Balaban J connectivity index is 1.55. The van der Waals surface area contributed by atoms with Crippen molar-refractivity contribution in [2.45, 2.75) is 25.4 Å². The molecule has 1 saturated carbocycles. The second-order valence-electron chi connectivity index (χ2n) is 5.60. The fraction of sp³-hybridized carbons (Fsp3) is 0.333. The first kappa shape index (κ1) is 16.0. The number of carbonyl (C=O) groups is 2. The molecular weight excluding hydrogens is 322 g/mol. The first-order valence-corrected chi connectivity index (χ1v) is 7.28. The molecule has 0 spiro atoms.